The molecule has 0 unspecified atom stereocenters. The third-order valence-corrected chi connectivity index (χ3v) is 14.6. The second kappa shape index (κ2) is 29.0. The van der Waals surface area contributed by atoms with E-state index in [1.807, 2.05) is 0 Å². The Balaban J connectivity index is 0.000000248. The molecule has 0 aliphatic carbocycles. The number of amides is 7. The lowest BCUT2D eigenvalue weighted by Gasteiger charge is -2.39. The quantitative estimate of drug-likeness (QED) is 0.0332. The van der Waals surface area contributed by atoms with Crippen LogP contribution in [0.15, 0.2) is 0 Å². The number of nitrogens with one attached hydrogen (secondary N) is 3. The van der Waals surface area contributed by atoms with Gasteiger partial charge < -0.3 is 33.8 Å². The van der Waals surface area contributed by atoms with Crippen LogP contribution in [0.2, 0.25) is 0 Å². The number of piperidine rings is 2. The number of hydrogen-bond acceptors (Lipinski definition) is 18. The summed E-state index contributed by atoms with van der Waals surface area (Å²) >= 11 is 0. The summed E-state index contributed by atoms with van der Waals surface area (Å²) in [4.78, 5) is 76.1. The van der Waals surface area contributed by atoms with Crippen molar-refractivity contribution in [3.8, 4) is 0 Å². The Hall–Kier alpha value is -3.71. The molecule has 73 heavy (non-hydrogen) atoms. The second-order valence-electron chi connectivity index (χ2n) is 20.5. The zero-order valence-corrected chi connectivity index (χ0v) is 45.5. The molecule has 6 atom stereocenters. The maximum absolute atomic E-state index is 12.5. The summed E-state index contributed by atoms with van der Waals surface area (Å²) in [6.07, 6.45) is 15.3. The van der Waals surface area contributed by atoms with E-state index in [2.05, 4.69) is 56.9 Å². The lowest BCUT2D eigenvalue weighted by molar-refractivity contribution is -0.929. The Kier molecular flexibility index (Phi) is 24.5. The van der Waals surface area contributed by atoms with Crippen LogP contribution < -0.4 is 16.3 Å². The summed E-state index contributed by atoms with van der Waals surface area (Å²) in [6.45, 7) is 22.4. The molecule has 4 N–H and O–H groups in total. The molecule has 4 bridgehead atoms. The standard InChI is InChI=1S/C17H28N4O9S.C16H36N.C12H20N4O8S/c1-17(2,3)29-16(24)19-8-4-5-12(19)10-28-18-14(22)13-7-6-11-9-20(13)15(23)21(11)30-31(25,26)27;1-5-9-13-17(14-10-6-2,15-11-7-3)16-12-8-4;17-11(14-22-7-8-2-1-5-13-8)10-4-3-9-6-15(10)12(18)16(9)23-25(20,21)24-19/h11-13H,4-10H2,1-3H3,(H,18,22)(H,25,26,27);5-16H2,1-4H3;8-10,13,19H,1-7H2,(H,14,17)/q;+1;/p-1/t11-,12+,13+;;8-,9+,10-/m1.0/s1. The molecule has 0 aromatic rings. The van der Waals surface area contributed by atoms with E-state index in [9.17, 15) is 45.4 Å². The fourth-order valence-corrected chi connectivity index (χ4v) is 10.7. The topological polar surface area (TPSA) is 305 Å². The number of hydrogen-bond donors (Lipinski definition) is 4. The van der Waals surface area contributed by atoms with Gasteiger partial charge in [0.05, 0.1) is 57.5 Å². The van der Waals surface area contributed by atoms with Crippen molar-refractivity contribution in [1.82, 2.24) is 41.1 Å². The number of fused-ring (bicyclic) bond motifs is 4. The summed E-state index contributed by atoms with van der Waals surface area (Å²) in [7, 11) is -9.84. The van der Waals surface area contributed by atoms with Crippen molar-refractivity contribution in [1.29, 1.82) is 0 Å². The van der Waals surface area contributed by atoms with Crippen molar-refractivity contribution in [2.45, 2.75) is 193 Å². The molecule has 6 fully saturated rings. The summed E-state index contributed by atoms with van der Waals surface area (Å²) in [5.41, 5.74) is 4.02. The first-order chi connectivity index (χ1) is 34.5. The van der Waals surface area contributed by atoms with Crippen LogP contribution >= 0.6 is 0 Å². The van der Waals surface area contributed by atoms with Gasteiger partial charge in [0.1, 0.15) is 17.7 Å². The smallest absolute Gasteiger partial charge is 0.447 e. The fourth-order valence-electron chi connectivity index (χ4n) is 9.89. The van der Waals surface area contributed by atoms with E-state index in [4.69, 9.17) is 19.7 Å². The van der Waals surface area contributed by atoms with Crippen molar-refractivity contribution in [3.63, 3.8) is 0 Å². The van der Waals surface area contributed by atoms with Gasteiger partial charge in [-0.1, -0.05) is 57.7 Å². The Bertz CT molecular complexity index is 1970. The Labute approximate surface area is 431 Å². The molecular weight excluding hydrogens is 1000 g/mol. The summed E-state index contributed by atoms with van der Waals surface area (Å²) < 4.78 is 73.5. The molecule has 0 spiro atoms. The second-order valence-corrected chi connectivity index (χ2v) is 22.6. The molecule has 26 nitrogen and oxygen atoms in total. The van der Waals surface area contributed by atoms with Gasteiger partial charge in [-0.25, -0.2) is 39.0 Å². The predicted octanol–water partition coefficient (Wildman–Crippen LogP) is 3.82. The molecular formula is C45H83N9O17S2. The number of carbonyl (C=O) groups is 5. The molecule has 6 saturated heterocycles. The van der Waals surface area contributed by atoms with E-state index in [0.717, 1.165) is 30.7 Å². The molecule has 6 aliphatic heterocycles. The van der Waals surface area contributed by atoms with Crippen LogP contribution in [0.4, 0.5) is 14.4 Å². The first kappa shape index (κ1) is 61.8. The van der Waals surface area contributed by atoms with Gasteiger partial charge >= 0.3 is 28.6 Å². The van der Waals surface area contributed by atoms with Crippen LogP contribution in [0.1, 0.15) is 151 Å². The summed E-state index contributed by atoms with van der Waals surface area (Å²) in [5.74, 6) is -1.06. The van der Waals surface area contributed by atoms with Gasteiger partial charge in [0.15, 0.2) is 0 Å². The number of quaternary nitrogens is 1. The summed E-state index contributed by atoms with van der Waals surface area (Å²) in [5, 5.41) is 12.6. The van der Waals surface area contributed by atoms with Crippen LogP contribution in [-0.4, -0.2) is 193 Å². The highest BCUT2D eigenvalue weighted by Gasteiger charge is 2.51. The van der Waals surface area contributed by atoms with Crippen LogP contribution in [0, 0.1) is 0 Å². The van der Waals surface area contributed by atoms with Gasteiger partial charge in [-0.2, -0.15) is 22.8 Å². The molecule has 0 aromatic carbocycles. The molecule has 6 heterocycles. The Morgan fingerprint density at radius 3 is 1.62 bits per heavy atom. The molecule has 6 rings (SSSR count). The average molecular weight is 1090 g/mol. The monoisotopic (exact) mass is 1090 g/mol. The first-order valence-electron chi connectivity index (χ1n) is 26.0. The van der Waals surface area contributed by atoms with Gasteiger partial charge in [-0.05, 0) is 104 Å². The number of unbranched alkanes of at least 4 members (excludes halogenated alkanes) is 4. The number of urea groups is 2. The van der Waals surface area contributed by atoms with Crippen molar-refractivity contribution < 1.29 is 82.4 Å². The number of ether oxygens (including phenoxy) is 1. The van der Waals surface area contributed by atoms with Crippen molar-refractivity contribution >= 4 is 50.8 Å². The highest BCUT2D eigenvalue weighted by atomic mass is 32.3. The first-order valence-corrected chi connectivity index (χ1v) is 28.7. The average Bonchev–Trinajstić information content (AvgIpc) is 4.14. The number of rotatable bonds is 25. The Morgan fingerprint density at radius 1 is 0.712 bits per heavy atom. The number of hydroxylamine groups is 6. The molecule has 7 amide bonds. The van der Waals surface area contributed by atoms with Gasteiger partial charge in [0.2, 0.25) is 10.4 Å². The lowest BCUT2D eigenvalue weighted by atomic mass is 10.0. The van der Waals surface area contributed by atoms with Crippen molar-refractivity contribution in [2.24, 2.45) is 0 Å². The van der Waals surface area contributed by atoms with Crippen molar-refractivity contribution in [2.75, 3.05) is 65.6 Å². The van der Waals surface area contributed by atoms with E-state index >= 15 is 0 Å². The van der Waals surface area contributed by atoms with Crippen LogP contribution in [-0.2, 0) is 57.7 Å². The minimum Gasteiger partial charge on any atom is -0.724 e. The number of carbonyl (C=O) groups excluding carboxylic acids is 5. The van der Waals surface area contributed by atoms with Gasteiger partial charge in [0, 0.05) is 25.7 Å². The predicted molar refractivity (Wildman–Crippen MR) is 261 cm³/mol. The molecule has 0 radical (unpaired) electrons. The fraction of sp³-hybridized carbons (Fsp3) is 0.889. The zero-order valence-electron chi connectivity index (χ0n) is 43.8. The maximum Gasteiger partial charge on any atom is 0.447 e. The van der Waals surface area contributed by atoms with Crippen molar-refractivity contribution in [3.05, 3.63) is 0 Å². The highest BCUT2D eigenvalue weighted by molar-refractivity contribution is 7.81. The SMILES string of the molecule is CC(C)(C)OC(=O)N1CCC[C@H]1CONC(=O)[C@@H]1CC[C@@H]2CN1C(=O)N2OS(=O)(=O)[O-].CCCC[N+](CCCC)(CCCC)CCCC.O=C(NOC[C@@H]1CCCN1)[C@@H]1CC[C@@H]2CN1C(=O)N2OS(=O)(=O)OO. The van der Waals surface area contributed by atoms with Crippen LogP contribution in [0.3, 0.4) is 0 Å². The minimum absolute atomic E-state index is 0.0535. The van der Waals surface area contributed by atoms with Gasteiger partial charge in [-0.15, -0.1) is 4.28 Å². The largest absolute Gasteiger partial charge is 0.724 e. The molecule has 0 saturated carbocycles. The molecule has 28 heteroatoms. The van der Waals surface area contributed by atoms with Crippen LogP contribution in [0.25, 0.3) is 0 Å². The molecule has 6 aliphatic rings. The molecule has 0 aromatic heterocycles. The molecule has 422 valence electrons. The number of nitrogens with zero attached hydrogens (tertiary/aromatic N) is 6. The normalized spacial score (nSPS) is 24.0. The third-order valence-electron chi connectivity index (χ3n) is 13.7. The van der Waals surface area contributed by atoms with E-state index in [1.165, 1.54) is 86.9 Å². The highest BCUT2D eigenvalue weighted by Crippen LogP contribution is 2.32. The zero-order chi connectivity index (χ0) is 54.0. The number of likely N-dealkylation sites (tertiary alicyclic amines) is 1. The van der Waals surface area contributed by atoms with E-state index in [-0.39, 0.29) is 44.6 Å². The van der Waals surface area contributed by atoms with Gasteiger partial charge in [-0.3, -0.25) is 19.3 Å². The van der Waals surface area contributed by atoms with E-state index in [0.29, 0.717) is 42.5 Å². The minimum atomic E-state index is -5.10. The maximum atomic E-state index is 12.5. The lowest BCUT2D eigenvalue weighted by Crippen LogP contribution is -2.50. The van der Waals surface area contributed by atoms with Gasteiger partial charge in [0.25, 0.3) is 11.8 Å². The van der Waals surface area contributed by atoms with Crippen LogP contribution in [0.5, 0.6) is 0 Å². The summed E-state index contributed by atoms with van der Waals surface area (Å²) in [6, 6.07) is -4.58. The van der Waals surface area contributed by atoms with E-state index in [1.54, 1.807) is 25.7 Å². The Morgan fingerprint density at radius 2 is 1.19 bits per heavy atom. The third kappa shape index (κ3) is 19.1. The van der Waals surface area contributed by atoms with E-state index < -0.39 is 80.5 Å².